The van der Waals surface area contributed by atoms with Gasteiger partial charge in [0.05, 0.1) is 12.0 Å². The van der Waals surface area contributed by atoms with Crippen molar-refractivity contribution in [2.75, 3.05) is 13.1 Å². The zero-order chi connectivity index (χ0) is 8.13. The standard InChI is InChI=1S/C9H13NO2/c11-9-6-2-1-4-10-5-3-7(12-9)8(6)10/h6-8H,1-5H2/t6-,7+,8+/m0/s1. The minimum atomic E-state index is 0.0643. The Morgan fingerprint density at radius 1 is 1.33 bits per heavy atom. The number of ether oxygens (including phenoxy) is 1. The van der Waals surface area contributed by atoms with E-state index >= 15 is 0 Å². The summed E-state index contributed by atoms with van der Waals surface area (Å²) in [5.74, 6) is 0.278. The Kier molecular flexibility index (Phi) is 1.28. The molecule has 66 valence electrons. The van der Waals surface area contributed by atoms with Gasteiger partial charge in [-0.3, -0.25) is 9.69 Å². The summed E-state index contributed by atoms with van der Waals surface area (Å²) >= 11 is 0. The van der Waals surface area contributed by atoms with Crippen molar-refractivity contribution in [3.8, 4) is 0 Å². The molecule has 0 spiro atoms. The fraction of sp³-hybridized carbons (Fsp3) is 0.889. The normalized spacial score (nSPS) is 46.0. The summed E-state index contributed by atoms with van der Waals surface area (Å²) in [4.78, 5) is 13.8. The highest BCUT2D eigenvalue weighted by atomic mass is 16.6. The highest BCUT2D eigenvalue weighted by molar-refractivity contribution is 5.76. The first-order valence-electron chi connectivity index (χ1n) is 4.81. The monoisotopic (exact) mass is 167 g/mol. The van der Waals surface area contributed by atoms with Crippen LogP contribution in [0.15, 0.2) is 0 Å². The molecule has 0 saturated carbocycles. The first kappa shape index (κ1) is 6.89. The fourth-order valence-corrected chi connectivity index (χ4v) is 2.93. The summed E-state index contributed by atoms with van der Waals surface area (Å²) in [6.07, 6.45) is 3.52. The Hall–Kier alpha value is -0.570. The van der Waals surface area contributed by atoms with E-state index in [1.165, 1.54) is 13.0 Å². The molecule has 0 radical (unpaired) electrons. The maximum atomic E-state index is 11.3. The van der Waals surface area contributed by atoms with Crippen molar-refractivity contribution >= 4 is 5.97 Å². The van der Waals surface area contributed by atoms with E-state index in [9.17, 15) is 4.79 Å². The molecular weight excluding hydrogens is 154 g/mol. The molecule has 0 amide bonds. The lowest BCUT2D eigenvalue weighted by molar-refractivity contribution is -0.144. The first-order chi connectivity index (χ1) is 5.86. The van der Waals surface area contributed by atoms with Gasteiger partial charge in [-0.15, -0.1) is 0 Å². The van der Waals surface area contributed by atoms with Crippen LogP contribution in [0.1, 0.15) is 19.3 Å². The van der Waals surface area contributed by atoms with Gasteiger partial charge in [-0.2, -0.15) is 0 Å². The number of hydrogen-bond donors (Lipinski definition) is 0. The quantitative estimate of drug-likeness (QED) is 0.489. The molecule has 3 saturated heterocycles. The smallest absolute Gasteiger partial charge is 0.311 e. The van der Waals surface area contributed by atoms with Gasteiger partial charge >= 0.3 is 5.97 Å². The van der Waals surface area contributed by atoms with Crippen LogP contribution in [-0.2, 0) is 9.53 Å². The molecule has 3 aliphatic rings. The zero-order valence-electron chi connectivity index (χ0n) is 7.03. The maximum absolute atomic E-state index is 11.3. The summed E-state index contributed by atoms with van der Waals surface area (Å²) in [6.45, 7) is 2.31. The highest BCUT2D eigenvalue weighted by Crippen LogP contribution is 2.39. The van der Waals surface area contributed by atoms with Gasteiger partial charge < -0.3 is 4.74 Å². The van der Waals surface area contributed by atoms with Gasteiger partial charge in [0.2, 0.25) is 0 Å². The van der Waals surface area contributed by atoms with Crippen LogP contribution in [0.4, 0.5) is 0 Å². The number of carbonyl (C=O) groups is 1. The number of esters is 1. The van der Waals surface area contributed by atoms with Gasteiger partial charge in [-0.05, 0) is 25.8 Å². The van der Waals surface area contributed by atoms with E-state index in [4.69, 9.17) is 4.74 Å². The second-order valence-corrected chi connectivity index (χ2v) is 4.04. The SMILES string of the molecule is O=C1O[C@@H]2CCN3CCC[C@H]1[C@H]23. The molecule has 0 aromatic heterocycles. The minimum Gasteiger partial charge on any atom is -0.460 e. The van der Waals surface area contributed by atoms with Crippen LogP contribution < -0.4 is 0 Å². The predicted molar refractivity (Wildman–Crippen MR) is 42.6 cm³/mol. The predicted octanol–water partition coefficient (Wildman–Crippen LogP) is 0.396. The number of carbonyl (C=O) groups excluding carboxylic acids is 1. The molecule has 12 heavy (non-hydrogen) atoms. The molecule has 3 aliphatic heterocycles. The zero-order valence-corrected chi connectivity index (χ0v) is 7.03. The summed E-state index contributed by atoms with van der Waals surface area (Å²) in [5, 5.41) is 0. The molecule has 0 unspecified atom stereocenters. The van der Waals surface area contributed by atoms with Gasteiger partial charge in [-0.1, -0.05) is 0 Å². The molecule has 3 nitrogen and oxygen atoms in total. The number of nitrogens with zero attached hydrogens (tertiary/aromatic N) is 1. The third kappa shape index (κ3) is 0.724. The van der Waals surface area contributed by atoms with Crippen molar-refractivity contribution < 1.29 is 9.53 Å². The van der Waals surface area contributed by atoms with Crippen LogP contribution in [0.3, 0.4) is 0 Å². The Labute approximate surface area is 71.7 Å². The molecule has 0 aliphatic carbocycles. The molecule has 0 bridgehead atoms. The molecule has 3 rings (SSSR count). The summed E-state index contributed by atoms with van der Waals surface area (Å²) in [7, 11) is 0. The van der Waals surface area contributed by atoms with Crippen molar-refractivity contribution in [2.45, 2.75) is 31.4 Å². The number of hydrogen-bond acceptors (Lipinski definition) is 3. The lowest BCUT2D eigenvalue weighted by Crippen LogP contribution is -2.42. The minimum absolute atomic E-state index is 0.0643. The summed E-state index contributed by atoms with van der Waals surface area (Å²) in [5.41, 5.74) is 0. The van der Waals surface area contributed by atoms with E-state index in [1.807, 2.05) is 0 Å². The summed E-state index contributed by atoms with van der Waals surface area (Å²) in [6, 6.07) is 0.450. The van der Waals surface area contributed by atoms with Gasteiger partial charge in [0, 0.05) is 6.54 Å². The summed E-state index contributed by atoms with van der Waals surface area (Å²) < 4.78 is 5.32. The lowest BCUT2D eigenvalue weighted by atomic mass is 9.91. The van der Waals surface area contributed by atoms with Gasteiger partial charge in [0.1, 0.15) is 6.10 Å². The van der Waals surface area contributed by atoms with Crippen LogP contribution >= 0.6 is 0 Å². The van der Waals surface area contributed by atoms with Gasteiger partial charge in [-0.25, -0.2) is 0 Å². The Morgan fingerprint density at radius 3 is 3.17 bits per heavy atom. The molecule has 3 heteroatoms. The third-order valence-electron chi connectivity index (χ3n) is 3.45. The molecule has 3 fully saturated rings. The average molecular weight is 167 g/mol. The third-order valence-corrected chi connectivity index (χ3v) is 3.45. The van der Waals surface area contributed by atoms with Crippen molar-refractivity contribution in [3.05, 3.63) is 0 Å². The largest absolute Gasteiger partial charge is 0.460 e. The van der Waals surface area contributed by atoms with E-state index in [2.05, 4.69) is 4.90 Å². The van der Waals surface area contributed by atoms with Gasteiger partial charge in [0.15, 0.2) is 0 Å². The van der Waals surface area contributed by atoms with Crippen LogP contribution in [0.2, 0.25) is 0 Å². The fourth-order valence-electron chi connectivity index (χ4n) is 2.93. The highest BCUT2D eigenvalue weighted by Gasteiger charge is 2.52. The van der Waals surface area contributed by atoms with Crippen LogP contribution in [-0.4, -0.2) is 36.1 Å². The molecular formula is C9H13NO2. The molecule has 0 aromatic rings. The van der Waals surface area contributed by atoms with Crippen molar-refractivity contribution in [1.82, 2.24) is 4.90 Å². The molecule has 0 N–H and O–H groups in total. The van der Waals surface area contributed by atoms with Crippen molar-refractivity contribution in [2.24, 2.45) is 5.92 Å². The number of piperidine rings is 1. The van der Waals surface area contributed by atoms with E-state index in [1.54, 1.807) is 0 Å². The first-order valence-corrected chi connectivity index (χ1v) is 4.81. The van der Waals surface area contributed by atoms with Crippen LogP contribution in [0.25, 0.3) is 0 Å². The molecule has 3 atom stereocenters. The Morgan fingerprint density at radius 2 is 2.25 bits per heavy atom. The van der Waals surface area contributed by atoms with E-state index < -0.39 is 0 Å². The average Bonchev–Trinajstić information content (AvgIpc) is 2.61. The topological polar surface area (TPSA) is 29.5 Å². The Bertz CT molecular complexity index is 227. The van der Waals surface area contributed by atoms with Crippen LogP contribution in [0.5, 0.6) is 0 Å². The second kappa shape index (κ2) is 2.22. The second-order valence-electron chi connectivity index (χ2n) is 4.04. The number of rotatable bonds is 0. The van der Waals surface area contributed by atoms with Crippen molar-refractivity contribution in [3.63, 3.8) is 0 Å². The Balaban J connectivity index is 1.94. The van der Waals surface area contributed by atoms with Crippen LogP contribution in [0, 0.1) is 5.92 Å². The van der Waals surface area contributed by atoms with E-state index in [0.717, 1.165) is 19.4 Å². The van der Waals surface area contributed by atoms with Gasteiger partial charge in [0.25, 0.3) is 0 Å². The maximum Gasteiger partial charge on any atom is 0.311 e. The molecule has 0 aromatic carbocycles. The van der Waals surface area contributed by atoms with E-state index in [-0.39, 0.29) is 18.0 Å². The van der Waals surface area contributed by atoms with E-state index in [0.29, 0.717) is 6.04 Å². The lowest BCUT2D eigenvalue weighted by Gasteiger charge is -2.30. The molecule has 3 heterocycles. The van der Waals surface area contributed by atoms with Crippen molar-refractivity contribution in [1.29, 1.82) is 0 Å².